The summed E-state index contributed by atoms with van der Waals surface area (Å²) < 4.78 is 0. The minimum Gasteiger partial charge on any atom is -0.872 e. The first-order valence-electron chi connectivity index (χ1n) is 9.07. The second kappa shape index (κ2) is 18.0. The van der Waals surface area contributed by atoms with Gasteiger partial charge in [0.05, 0.1) is 5.97 Å². The second-order valence-corrected chi connectivity index (χ2v) is 6.07. The van der Waals surface area contributed by atoms with E-state index in [2.05, 4.69) is 9.88 Å². The maximum atomic E-state index is 11.6. The molecular weight excluding hydrogens is 443 g/mol. The van der Waals surface area contributed by atoms with Crippen molar-refractivity contribution in [2.75, 3.05) is 20.7 Å². The van der Waals surface area contributed by atoms with Crippen molar-refractivity contribution >= 4 is 5.97 Å². The fourth-order valence-electron chi connectivity index (χ4n) is 2.43. The van der Waals surface area contributed by atoms with E-state index in [0.29, 0.717) is 6.54 Å². The van der Waals surface area contributed by atoms with Crippen molar-refractivity contribution in [2.24, 2.45) is 0 Å². The molecule has 31 heavy (non-hydrogen) atoms. The van der Waals surface area contributed by atoms with E-state index in [1.807, 2.05) is 43.6 Å². The smallest absolute Gasteiger partial charge is 0.872 e. The molecule has 3 rings (SSSR count). The second-order valence-electron chi connectivity index (χ2n) is 6.07. The van der Waals surface area contributed by atoms with Crippen LogP contribution in [0.3, 0.4) is 0 Å². The Balaban J connectivity index is -0.000000243. The van der Waals surface area contributed by atoms with Gasteiger partial charge in [0, 0.05) is 31.4 Å². The number of pyridine rings is 1. The average Bonchev–Trinajstić information content (AvgIpc) is 2.77. The van der Waals surface area contributed by atoms with Gasteiger partial charge in [-0.25, -0.2) is 0 Å². The number of carboxylic acids is 1. The number of benzene rings is 2. The Morgan fingerprint density at radius 1 is 0.968 bits per heavy atom. The van der Waals surface area contributed by atoms with Crippen LogP contribution in [0.25, 0.3) is 0 Å². The summed E-state index contributed by atoms with van der Waals surface area (Å²) in [4.78, 5) is 16.5. The molecule has 3 aromatic rings. The van der Waals surface area contributed by atoms with E-state index in [-0.39, 0.29) is 36.1 Å². The zero-order valence-electron chi connectivity index (χ0n) is 19.4. The van der Waals surface area contributed by atoms with Crippen molar-refractivity contribution in [2.45, 2.75) is 13.0 Å². The molecule has 1 radical (unpaired) electrons. The Labute approximate surface area is 196 Å². The van der Waals surface area contributed by atoms with Crippen LogP contribution in [0, 0.1) is 0 Å². The van der Waals surface area contributed by atoms with E-state index in [1.165, 1.54) is 12.1 Å². The fraction of sp³-hybridized carbons (Fsp3) is 0.217. The first kappa shape index (κ1) is 30.4. The third kappa shape index (κ3) is 12.5. The molecular formula is C23H28N2NiO5+. The number of rotatable bonds is 6. The van der Waals surface area contributed by atoms with Crippen molar-refractivity contribution in [1.29, 1.82) is 0 Å². The molecule has 0 spiro atoms. The number of carbonyl (C=O) groups is 1. The number of para-hydroxylation sites is 1. The molecule has 0 saturated carbocycles. The summed E-state index contributed by atoms with van der Waals surface area (Å²) in [6, 6.07) is 21.2. The molecule has 2 aromatic carbocycles. The zero-order chi connectivity index (χ0) is 21.5. The standard InChI is InChI=1S/C15H18N2O.C7H6O2.CH3O.Ni.H2O/c1-17(11-9-14-7-4-5-10-16-14)12-13-6-2-3-8-15(13)18;8-7(9)6-4-2-1-3-5-6;1-2;;/h2-8,10,18H,9,11-12H2,1H3;1-5H,(H,8,9);1H3;;1H2/q;;-1;+3;/p-1. The van der Waals surface area contributed by atoms with Crippen LogP contribution in [0.15, 0.2) is 79.0 Å². The maximum Gasteiger partial charge on any atom is 3.00 e. The monoisotopic (exact) mass is 470 g/mol. The Bertz CT molecular complexity index is 847. The molecule has 169 valence electrons. The van der Waals surface area contributed by atoms with E-state index >= 15 is 0 Å². The minimum atomic E-state index is -1.13. The molecule has 0 aliphatic rings. The molecule has 0 fully saturated rings. The molecule has 0 aliphatic carbocycles. The average molecular weight is 471 g/mol. The van der Waals surface area contributed by atoms with E-state index in [1.54, 1.807) is 30.3 Å². The summed E-state index contributed by atoms with van der Waals surface area (Å²) in [6.45, 7) is 1.58. The van der Waals surface area contributed by atoms with Crippen LogP contribution in [-0.4, -0.2) is 42.0 Å². The summed E-state index contributed by atoms with van der Waals surface area (Å²) in [5.41, 5.74) is 2.15. The summed E-state index contributed by atoms with van der Waals surface area (Å²) in [5, 5.41) is 29.9. The van der Waals surface area contributed by atoms with E-state index in [9.17, 15) is 15.0 Å². The van der Waals surface area contributed by atoms with Gasteiger partial charge in [0.15, 0.2) is 0 Å². The van der Waals surface area contributed by atoms with Gasteiger partial charge in [-0.3, -0.25) is 4.98 Å². The molecule has 7 nitrogen and oxygen atoms in total. The number of hydrogen-bond acceptors (Lipinski definition) is 7. The van der Waals surface area contributed by atoms with Gasteiger partial charge >= 0.3 is 19.3 Å². The largest absolute Gasteiger partial charge is 3.00 e. The Morgan fingerprint density at radius 2 is 1.55 bits per heavy atom. The number of aromatic carboxylic acids is 1. The molecule has 0 aliphatic heterocycles. The van der Waals surface area contributed by atoms with Crippen LogP contribution >= 0.6 is 0 Å². The predicted molar refractivity (Wildman–Crippen MR) is 111 cm³/mol. The summed E-state index contributed by atoms with van der Waals surface area (Å²) >= 11 is 0. The van der Waals surface area contributed by atoms with Crippen molar-refractivity contribution in [3.63, 3.8) is 0 Å². The molecule has 0 saturated heterocycles. The normalized spacial score (nSPS) is 9.03. The number of carbonyl (C=O) groups excluding carboxylic acids is 1. The Kier molecular flexibility index (Phi) is 17.7. The number of carboxylic acid groups (broad SMARTS) is 1. The van der Waals surface area contributed by atoms with Crippen LogP contribution in [0.5, 0.6) is 5.75 Å². The van der Waals surface area contributed by atoms with Crippen LogP contribution in [0.4, 0.5) is 0 Å². The van der Waals surface area contributed by atoms with E-state index < -0.39 is 5.97 Å². The van der Waals surface area contributed by atoms with Crippen LogP contribution in [-0.2, 0) is 29.5 Å². The van der Waals surface area contributed by atoms with Crippen LogP contribution < -0.4 is 15.3 Å². The van der Waals surface area contributed by atoms with Crippen molar-refractivity contribution < 1.29 is 44.9 Å². The van der Waals surface area contributed by atoms with Gasteiger partial charge in [-0.15, -0.1) is 5.75 Å². The number of hydrogen-bond donors (Lipinski definition) is 0. The first-order valence-corrected chi connectivity index (χ1v) is 9.07. The maximum absolute atomic E-state index is 11.6. The Hall–Kier alpha value is -2.77. The predicted octanol–water partition coefficient (Wildman–Crippen LogP) is 0.902. The SMILES string of the molecule is CN(CCc1ccccn1)Cc1ccccc1[O-].C[O-].O=C([O-])c1ccccc1.[H+].[H+].[Ni+3].[OH-]. The zero-order valence-corrected chi connectivity index (χ0v) is 18.4. The van der Waals surface area contributed by atoms with Gasteiger partial charge < -0.3 is 30.5 Å². The fourth-order valence-corrected chi connectivity index (χ4v) is 2.43. The van der Waals surface area contributed by atoms with Crippen LogP contribution in [0.1, 0.15) is 24.5 Å². The molecule has 0 atom stereocenters. The Morgan fingerprint density at radius 3 is 2.06 bits per heavy atom. The molecule has 0 bridgehead atoms. The van der Waals surface area contributed by atoms with Crippen LogP contribution in [0.2, 0.25) is 0 Å². The van der Waals surface area contributed by atoms with E-state index in [0.717, 1.165) is 31.3 Å². The van der Waals surface area contributed by atoms with E-state index in [4.69, 9.17) is 5.11 Å². The van der Waals surface area contributed by atoms with Crippen molar-refractivity contribution in [1.82, 2.24) is 9.88 Å². The van der Waals surface area contributed by atoms with Crippen molar-refractivity contribution in [3.8, 4) is 5.75 Å². The van der Waals surface area contributed by atoms with Gasteiger partial charge in [0.1, 0.15) is 0 Å². The molecule has 1 N–H and O–H groups in total. The summed E-state index contributed by atoms with van der Waals surface area (Å²) in [5.74, 6) is -1.02. The summed E-state index contributed by atoms with van der Waals surface area (Å²) in [6.07, 6.45) is 2.71. The third-order valence-electron chi connectivity index (χ3n) is 3.90. The van der Waals surface area contributed by atoms with Crippen molar-refractivity contribution in [3.05, 3.63) is 95.8 Å². The van der Waals surface area contributed by atoms with Gasteiger partial charge in [0.2, 0.25) is 0 Å². The third-order valence-corrected chi connectivity index (χ3v) is 3.90. The number of likely N-dealkylation sites (N-methyl/N-ethyl adjacent to an activating group) is 1. The van der Waals surface area contributed by atoms with Gasteiger partial charge in [0.25, 0.3) is 0 Å². The van der Waals surface area contributed by atoms with Gasteiger partial charge in [-0.1, -0.05) is 60.7 Å². The van der Waals surface area contributed by atoms with Gasteiger partial charge in [-0.2, -0.15) is 7.11 Å². The molecule has 0 amide bonds. The quantitative estimate of drug-likeness (QED) is 0.488. The summed E-state index contributed by atoms with van der Waals surface area (Å²) in [7, 11) is 2.77. The molecule has 8 heteroatoms. The molecule has 1 heterocycles. The topological polar surface area (TPSA) is 132 Å². The number of aromatic nitrogens is 1. The molecule has 0 unspecified atom stereocenters. The molecule has 1 aromatic heterocycles. The first-order chi connectivity index (χ1) is 14.1. The van der Waals surface area contributed by atoms with Gasteiger partial charge in [-0.05, 0) is 30.3 Å². The number of nitrogens with zero attached hydrogens (tertiary/aromatic N) is 2. The minimum absolute atomic E-state index is 0.